The topological polar surface area (TPSA) is 96.2 Å². The molecule has 1 aliphatic heterocycles. The lowest BCUT2D eigenvalue weighted by molar-refractivity contribution is -0.125. The van der Waals surface area contributed by atoms with Gasteiger partial charge in [-0.25, -0.2) is 9.97 Å². The molecule has 40 heavy (non-hydrogen) atoms. The van der Waals surface area contributed by atoms with Crippen molar-refractivity contribution in [3.8, 4) is 11.1 Å². The summed E-state index contributed by atoms with van der Waals surface area (Å²) in [5.41, 5.74) is 11.2. The molecule has 0 bridgehead atoms. The fourth-order valence-electron chi connectivity index (χ4n) is 6.19. The third-order valence-corrected chi connectivity index (χ3v) is 8.30. The standard InChI is InChI=1S/C32H41N6OP/c1-22(28-29(33)35-17-16-34-28)37-23-14-19-38(20-23)18-9-8-15-32(30(39)36-21-31(2,3)40)26-12-6-4-10-24(26)25-11-5-7-13-27(25)32/h4-7,10-13,16-17,23,37H,1,8-9,14-15,18-21,40H2,2-3H3,(H2,33,35)(H,36,39). The summed E-state index contributed by atoms with van der Waals surface area (Å²) >= 11 is 0. The van der Waals surface area contributed by atoms with Crippen LogP contribution in [0.3, 0.4) is 0 Å². The van der Waals surface area contributed by atoms with Crippen molar-refractivity contribution in [2.24, 2.45) is 0 Å². The lowest BCUT2D eigenvalue weighted by Gasteiger charge is -2.32. The number of carbonyl (C=O) groups excluding carboxylic acids is 1. The van der Waals surface area contributed by atoms with Crippen LogP contribution in [-0.4, -0.2) is 58.2 Å². The van der Waals surface area contributed by atoms with Gasteiger partial charge in [0.15, 0.2) is 5.82 Å². The van der Waals surface area contributed by atoms with Gasteiger partial charge in [0, 0.05) is 38.1 Å². The normalized spacial score (nSPS) is 17.7. The van der Waals surface area contributed by atoms with Crippen molar-refractivity contribution in [3.05, 3.63) is 84.3 Å². The fraction of sp³-hybridized carbons (Fsp3) is 0.406. The van der Waals surface area contributed by atoms with E-state index in [1.54, 1.807) is 12.4 Å². The number of aromatic nitrogens is 2. The summed E-state index contributed by atoms with van der Waals surface area (Å²) in [4.78, 5) is 25.0. The van der Waals surface area contributed by atoms with Crippen LogP contribution in [0.4, 0.5) is 5.82 Å². The highest BCUT2D eigenvalue weighted by Crippen LogP contribution is 2.51. The smallest absolute Gasteiger partial charge is 0.235 e. The van der Waals surface area contributed by atoms with E-state index in [4.69, 9.17) is 5.73 Å². The van der Waals surface area contributed by atoms with E-state index < -0.39 is 5.41 Å². The first kappa shape index (κ1) is 28.3. The first-order chi connectivity index (χ1) is 19.2. The Kier molecular flexibility index (Phi) is 8.25. The first-order valence-electron chi connectivity index (χ1n) is 14.2. The highest BCUT2D eigenvalue weighted by Gasteiger charge is 2.48. The molecular formula is C32H41N6OP. The van der Waals surface area contributed by atoms with E-state index >= 15 is 0 Å². The van der Waals surface area contributed by atoms with Crippen molar-refractivity contribution in [2.75, 3.05) is 31.9 Å². The number of hydrogen-bond donors (Lipinski definition) is 3. The third-order valence-electron chi connectivity index (χ3n) is 8.10. The van der Waals surface area contributed by atoms with E-state index in [9.17, 15) is 4.79 Å². The van der Waals surface area contributed by atoms with Gasteiger partial charge in [-0.3, -0.25) is 4.79 Å². The van der Waals surface area contributed by atoms with Gasteiger partial charge in [-0.2, -0.15) is 0 Å². The van der Waals surface area contributed by atoms with Crippen LogP contribution in [0.5, 0.6) is 0 Å². The number of unbranched alkanes of at least 4 members (excludes halogenated alkanes) is 1. The number of amides is 1. The van der Waals surface area contributed by atoms with Crippen molar-refractivity contribution >= 4 is 26.7 Å². The summed E-state index contributed by atoms with van der Waals surface area (Å²) in [7, 11) is 2.84. The number of benzene rings is 2. The second-order valence-electron chi connectivity index (χ2n) is 11.8. The molecule has 210 valence electrons. The molecule has 0 radical (unpaired) electrons. The van der Waals surface area contributed by atoms with Gasteiger partial charge in [-0.1, -0.05) is 75.4 Å². The number of nitrogens with zero attached hydrogens (tertiary/aromatic N) is 3. The van der Waals surface area contributed by atoms with Gasteiger partial charge in [0.25, 0.3) is 0 Å². The number of carbonyl (C=O) groups is 1. The monoisotopic (exact) mass is 556 g/mol. The Morgan fingerprint density at radius 3 is 2.40 bits per heavy atom. The molecule has 2 aliphatic rings. The van der Waals surface area contributed by atoms with Crippen molar-refractivity contribution < 1.29 is 4.79 Å². The minimum atomic E-state index is -0.674. The minimum absolute atomic E-state index is 0.0705. The van der Waals surface area contributed by atoms with Crippen LogP contribution >= 0.6 is 9.24 Å². The average Bonchev–Trinajstić information content (AvgIpc) is 3.50. The molecule has 8 heteroatoms. The molecule has 2 atom stereocenters. The molecule has 1 amide bonds. The summed E-state index contributed by atoms with van der Waals surface area (Å²) in [6.45, 7) is 12.0. The van der Waals surface area contributed by atoms with E-state index in [0.717, 1.165) is 62.1 Å². The number of nitrogens with one attached hydrogen (secondary N) is 2. The van der Waals surface area contributed by atoms with Crippen molar-refractivity contribution in [2.45, 2.75) is 56.1 Å². The molecule has 5 rings (SSSR count). The van der Waals surface area contributed by atoms with Crippen LogP contribution in [0.15, 0.2) is 67.5 Å². The summed E-state index contributed by atoms with van der Waals surface area (Å²) in [6.07, 6.45) is 7.02. The zero-order valence-corrected chi connectivity index (χ0v) is 24.8. The predicted octanol–water partition coefficient (Wildman–Crippen LogP) is 4.60. The summed E-state index contributed by atoms with van der Waals surface area (Å²) in [5.74, 6) is 0.497. The van der Waals surface area contributed by atoms with Crippen LogP contribution < -0.4 is 16.4 Å². The molecule has 1 saturated heterocycles. The third kappa shape index (κ3) is 5.77. The van der Waals surface area contributed by atoms with Crippen molar-refractivity contribution in [1.29, 1.82) is 0 Å². The Balaban J connectivity index is 1.24. The molecule has 0 saturated carbocycles. The zero-order chi connectivity index (χ0) is 28.3. The Hall–Kier alpha value is -3.28. The summed E-state index contributed by atoms with van der Waals surface area (Å²) in [6, 6.07) is 17.2. The molecular weight excluding hydrogens is 515 g/mol. The number of nitrogens with two attached hydrogens (primary N) is 1. The number of nitrogen functional groups attached to an aromatic ring is 1. The SMILES string of the molecule is C=C(NC1CCN(CCCCC2(C(=O)NCC(C)(C)P)c3ccccc3-c3ccccc32)C1)c1nccnc1N. The van der Waals surface area contributed by atoms with Gasteiger partial charge in [0.2, 0.25) is 5.91 Å². The average molecular weight is 557 g/mol. The molecule has 7 nitrogen and oxygen atoms in total. The van der Waals surface area contributed by atoms with E-state index in [2.05, 4.69) is 104 Å². The predicted molar refractivity (Wildman–Crippen MR) is 167 cm³/mol. The van der Waals surface area contributed by atoms with E-state index in [1.165, 1.54) is 11.1 Å². The van der Waals surface area contributed by atoms with Gasteiger partial charge >= 0.3 is 0 Å². The molecule has 0 spiro atoms. The Bertz CT molecular complexity index is 1340. The summed E-state index contributed by atoms with van der Waals surface area (Å²) < 4.78 is 0. The van der Waals surface area contributed by atoms with Gasteiger partial charge in [-0.15, -0.1) is 9.24 Å². The fourth-order valence-corrected chi connectivity index (χ4v) is 6.29. The van der Waals surface area contributed by atoms with Gasteiger partial charge < -0.3 is 21.3 Å². The van der Waals surface area contributed by atoms with E-state index in [0.29, 0.717) is 24.1 Å². The molecule has 1 aromatic heterocycles. The molecule has 2 heterocycles. The first-order valence-corrected chi connectivity index (χ1v) is 14.8. The lowest BCUT2D eigenvalue weighted by Crippen LogP contribution is -2.47. The van der Waals surface area contributed by atoms with Crippen LogP contribution in [0.2, 0.25) is 0 Å². The highest BCUT2D eigenvalue weighted by molar-refractivity contribution is 7.18. The Morgan fingerprint density at radius 2 is 1.75 bits per heavy atom. The van der Waals surface area contributed by atoms with Gasteiger partial charge in [0.1, 0.15) is 11.1 Å². The lowest BCUT2D eigenvalue weighted by atomic mass is 9.73. The number of anilines is 1. The number of hydrogen-bond acceptors (Lipinski definition) is 6. The van der Waals surface area contributed by atoms with E-state index in [1.807, 2.05) is 0 Å². The van der Waals surface area contributed by atoms with Crippen LogP contribution in [0.25, 0.3) is 16.8 Å². The molecule has 4 N–H and O–H groups in total. The maximum absolute atomic E-state index is 14.1. The van der Waals surface area contributed by atoms with Gasteiger partial charge in [-0.05, 0) is 53.2 Å². The molecule has 2 unspecified atom stereocenters. The maximum atomic E-state index is 14.1. The van der Waals surface area contributed by atoms with Crippen LogP contribution in [0.1, 0.15) is 56.4 Å². The number of likely N-dealkylation sites (tertiary alicyclic amines) is 1. The Morgan fingerprint density at radius 1 is 1.10 bits per heavy atom. The van der Waals surface area contributed by atoms with Crippen LogP contribution in [0, 0.1) is 0 Å². The minimum Gasteiger partial charge on any atom is -0.382 e. The maximum Gasteiger partial charge on any atom is 0.235 e. The second-order valence-corrected chi connectivity index (χ2v) is 13.4. The molecule has 1 fully saturated rings. The number of fused-ring (bicyclic) bond motifs is 3. The zero-order valence-electron chi connectivity index (χ0n) is 23.6. The van der Waals surface area contributed by atoms with Gasteiger partial charge in [0.05, 0.1) is 5.70 Å². The number of rotatable bonds is 11. The highest BCUT2D eigenvalue weighted by atomic mass is 31.0. The van der Waals surface area contributed by atoms with Crippen molar-refractivity contribution in [3.63, 3.8) is 0 Å². The largest absolute Gasteiger partial charge is 0.382 e. The van der Waals surface area contributed by atoms with E-state index in [-0.39, 0.29) is 11.1 Å². The summed E-state index contributed by atoms with van der Waals surface area (Å²) in [5, 5.41) is 6.73. The van der Waals surface area contributed by atoms with Crippen molar-refractivity contribution in [1.82, 2.24) is 25.5 Å². The Labute approximate surface area is 240 Å². The molecule has 2 aromatic carbocycles. The van der Waals surface area contributed by atoms with Crippen LogP contribution in [-0.2, 0) is 10.2 Å². The molecule has 3 aromatic rings. The second kappa shape index (κ2) is 11.7. The quantitative estimate of drug-likeness (QED) is 0.236. The molecule has 1 aliphatic carbocycles.